The van der Waals surface area contributed by atoms with Gasteiger partial charge in [0.15, 0.2) is 0 Å². The average molecular weight is 396 g/mol. The van der Waals surface area contributed by atoms with Gasteiger partial charge >= 0.3 is 6.09 Å². The van der Waals surface area contributed by atoms with Crippen LogP contribution in [-0.4, -0.2) is 34.7 Å². The second-order valence-electron chi connectivity index (χ2n) is 8.65. The molecule has 1 fully saturated rings. The van der Waals surface area contributed by atoms with E-state index in [-0.39, 0.29) is 0 Å². The fraction of sp³-hybridized carbons (Fsp3) is 0.500. The Bertz CT molecular complexity index is 784. The normalized spacial score (nSPS) is 17.3. The predicted molar refractivity (Wildman–Crippen MR) is 118 cm³/mol. The van der Waals surface area contributed by atoms with Crippen LogP contribution in [0.15, 0.2) is 48.7 Å². The zero-order chi connectivity index (χ0) is 20.9. The number of para-hydroxylation sites is 1. The lowest BCUT2D eigenvalue weighted by molar-refractivity contribution is 0.0598. The number of pyridine rings is 1. The maximum absolute atomic E-state index is 12.9. The molecule has 1 unspecified atom stereocenters. The predicted octanol–water partition coefficient (Wildman–Crippen LogP) is 6.09. The number of nitrogens with zero attached hydrogens (tertiary/aromatic N) is 3. The highest BCUT2D eigenvalue weighted by Crippen LogP contribution is 2.33. The fourth-order valence-corrected chi connectivity index (χ4v) is 3.78. The van der Waals surface area contributed by atoms with E-state index in [1.54, 1.807) is 4.90 Å². The molecular weight excluding hydrogens is 362 g/mol. The molecule has 2 aromatic rings. The van der Waals surface area contributed by atoms with Crippen LogP contribution in [0.5, 0.6) is 0 Å². The van der Waals surface area contributed by atoms with Gasteiger partial charge < -0.3 is 4.74 Å². The number of rotatable bonds is 6. The number of amides is 1. The Morgan fingerprint density at radius 3 is 2.59 bits per heavy atom. The minimum Gasteiger partial charge on any atom is -0.443 e. The lowest BCUT2D eigenvalue weighted by atomic mass is 10.1. The first-order valence-corrected chi connectivity index (χ1v) is 10.7. The van der Waals surface area contributed by atoms with Gasteiger partial charge in [-0.2, -0.15) is 0 Å². The molecule has 29 heavy (non-hydrogen) atoms. The molecule has 5 nitrogen and oxygen atoms in total. The smallest absolute Gasteiger partial charge is 0.420 e. The van der Waals surface area contributed by atoms with E-state index in [0.29, 0.717) is 11.9 Å². The number of aromatic nitrogens is 1. The van der Waals surface area contributed by atoms with Crippen molar-refractivity contribution < 1.29 is 9.53 Å². The fourth-order valence-electron chi connectivity index (χ4n) is 3.78. The van der Waals surface area contributed by atoms with Gasteiger partial charge in [-0.3, -0.25) is 4.90 Å². The lowest BCUT2D eigenvalue weighted by Crippen LogP contribution is -2.34. The van der Waals surface area contributed by atoms with Crippen LogP contribution in [0.2, 0.25) is 0 Å². The summed E-state index contributed by atoms with van der Waals surface area (Å²) >= 11 is 0. The van der Waals surface area contributed by atoms with E-state index >= 15 is 0 Å². The molecule has 0 saturated carbocycles. The topological polar surface area (TPSA) is 45.7 Å². The van der Waals surface area contributed by atoms with E-state index in [0.717, 1.165) is 18.8 Å². The van der Waals surface area contributed by atoms with Gasteiger partial charge in [-0.1, -0.05) is 37.6 Å². The van der Waals surface area contributed by atoms with Crippen LogP contribution in [0.3, 0.4) is 0 Å². The van der Waals surface area contributed by atoms with Crippen molar-refractivity contribution in [1.82, 2.24) is 9.88 Å². The van der Waals surface area contributed by atoms with E-state index in [2.05, 4.69) is 22.9 Å². The van der Waals surface area contributed by atoms with Crippen LogP contribution in [0, 0.1) is 0 Å². The highest BCUT2D eigenvalue weighted by Gasteiger charge is 2.28. The van der Waals surface area contributed by atoms with Gasteiger partial charge in [0.1, 0.15) is 11.4 Å². The molecular formula is C24H33N3O2. The van der Waals surface area contributed by atoms with Crippen LogP contribution in [0.4, 0.5) is 16.3 Å². The average Bonchev–Trinajstić information content (AvgIpc) is 3.15. The van der Waals surface area contributed by atoms with Gasteiger partial charge in [-0.05, 0) is 76.9 Å². The van der Waals surface area contributed by atoms with Gasteiger partial charge in [-0.25, -0.2) is 14.7 Å². The van der Waals surface area contributed by atoms with Crippen LogP contribution >= 0.6 is 0 Å². The third-order valence-corrected chi connectivity index (χ3v) is 5.14. The summed E-state index contributed by atoms with van der Waals surface area (Å²) in [5, 5.41) is 0. The second-order valence-corrected chi connectivity index (χ2v) is 8.65. The maximum Gasteiger partial charge on any atom is 0.420 e. The van der Waals surface area contributed by atoms with Crippen molar-refractivity contribution in [2.75, 3.05) is 18.0 Å². The largest absolute Gasteiger partial charge is 0.443 e. The second kappa shape index (κ2) is 9.40. The van der Waals surface area contributed by atoms with Gasteiger partial charge in [0.05, 0.1) is 5.69 Å². The van der Waals surface area contributed by atoms with Crippen LogP contribution in [0.25, 0.3) is 0 Å². The molecule has 0 bridgehead atoms. The lowest BCUT2D eigenvalue weighted by Gasteiger charge is -2.28. The molecule has 0 spiro atoms. The third-order valence-electron chi connectivity index (χ3n) is 5.14. The highest BCUT2D eigenvalue weighted by molar-refractivity contribution is 5.95. The molecule has 5 heteroatoms. The van der Waals surface area contributed by atoms with Crippen LogP contribution in [-0.2, 0) is 4.74 Å². The van der Waals surface area contributed by atoms with Crippen molar-refractivity contribution in [3.8, 4) is 0 Å². The number of unbranched alkanes of at least 4 members (excludes halogenated alkanes) is 1. The molecule has 1 atom stereocenters. The van der Waals surface area contributed by atoms with E-state index in [4.69, 9.17) is 4.74 Å². The zero-order valence-corrected chi connectivity index (χ0v) is 18.1. The summed E-state index contributed by atoms with van der Waals surface area (Å²) in [5.41, 5.74) is 1.39. The van der Waals surface area contributed by atoms with E-state index in [9.17, 15) is 4.79 Å². The number of anilines is 2. The van der Waals surface area contributed by atoms with Gasteiger partial charge in [0, 0.05) is 12.2 Å². The Morgan fingerprint density at radius 2 is 1.97 bits per heavy atom. The summed E-state index contributed by atoms with van der Waals surface area (Å²) < 4.78 is 5.64. The maximum atomic E-state index is 12.9. The SMILES string of the molecule is CCCCN1CCCC1c1ccc(N(C(=O)OC(C)(C)C)c2ccccc2)nc1. The molecule has 1 saturated heterocycles. The number of benzene rings is 1. The Balaban J connectivity index is 1.84. The summed E-state index contributed by atoms with van der Waals surface area (Å²) in [6.07, 6.45) is 6.33. The molecule has 1 amide bonds. The van der Waals surface area contributed by atoms with Crippen molar-refractivity contribution in [3.05, 3.63) is 54.2 Å². The number of hydrogen-bond donors (Lipinski definition) is 0. The molecule has 0 aliphatic carbocycles. The molecule has 1 aromatic heterocycles. The van der Waals surface area contributed by atoms with E-state index in [1.807, 2.05) is 63.4 Å². The number of carbonyl (C=O) groups excluding carboxylic acids is 1. The minimum absolute atomic E-state index is 0.422. The molecule has 1 aliphatic rings. The van der Waals surface area contributed by atoms with Crippen molar-refractivity contribution in [2.45, 2.75) is 65.0 Å². The summed E-state index contributed by atoms with van der Waals surface area (Å²) in [5.74, 6) is 0.576. The molecule has 1 aromatic carbocycles. The highest BCUT2D eigenvalue weighted by atomic mass is 16.6. The number of carbonyl (C=O) groups is 1. The molecule has 2 heterocycles. The first-order valence-electron chi connectivity index (χ1n) is 10.7. The minimum atomic E-state index is -0.576. The van der Waals surface area contributed by atoms with Gasteiger partial charge in [0.25, 0.3) is 0 Å². The Hall–Kier alpha value is -2.40. The molecule has 0 radical (unpaired) electrons. The first-order chi connectivity index (χ1) is 13.9. The zero-order valence-electron chi connectivity index (χ0n) is 18.1. The van der Waals surface area contributed by atoms with E-state index in [1.165, 1.54) is 31.2 Å². The first kappa shape index (κ1) is 21.3. The van der Waals surface area contributed by atoms with Gasteiger partial charge in [-0.15, -0.1) is 0 Å². The Labute approximate surface area is 174 Å². The molecule has 156 valence electrons. The third kappa shape index (κ3) is 5.57. The van der Waals surface area contributed by atoms with Crippen LogP contribution in [0.1, 0.15) is 65.0 Å². The molecule has 1 aliphatic heterocycles. The Kier molecular flexibility index (Phi) is 6.91. The quantitative estimate of drug-likeness (QED) is 0.593. The summed E-state index contributed by atoms with van der Waals surface area (Å²) in [4.78, 5) is 21.7. The van der Waals surface area contributed by atoms with Crippen molar-refractivity contribution in [2.24, 2.45) is 0 Å². The van der Waals surface area contributed by atoms with E-state index < -0.39 is 11.7 Å². The summed E-state index contributed by atoms with van der Waals surface area (Å²) in [6, 6.07) is 14.0. The number of ether oxygens (including phenoxy) is 1. The van der Waals surface area contributed by atoms with Gasteiger partial charge in [0.2, 0.25) is 0 Å². The summed E-state index contributed by atoms with van der Waals surface area (Å²) in [6.45, 7) is 10.1. The van der Waals surface area contributed by atoms with Crippen molar-refractivity contribution >= 4 is 17.6 Å². The molecule has 3 rings (SSSR count). The Morgan fingerprint density at radius 1 is 1.21 bits per heavy atom. The number of likely N-dealkylation sites (tertiary alicyclic amines) is 1. The molecule has 0 N–H and O–H groups in total. The van der Waals surface area contributed by atoms with Crippen molar-refractivity contribution in [1.29, 1.82) is 0 Å². The van der Waals surface area contributed by atoms with Crippen molar-refractivity contribution in [3.63, 3.8) is 0 Å². The van der Waals surface area contributed by atoms with Crippen LogP contribution < -0.4 is 4.90 Å². The monoisotopic (exact) mass is 395 g/mol. The standard InChI is InChI=1S/C24H33N3O2/c1-5-6-16-26-17-10-13-21(26)19-14-15-22(25-18-19)27(20-11-8-7-9-12-20)23(28)29-24(2,3)4/h7-9,11-12,14-15,18,21H,5-6,10,13,16-17H2,1-4H3. The summed E-state index contributed by atoms with van der Waals surface area (Å²) in [7, 11) is 0. The number of hydrogen-bond acceptors (Lipinski definition) is 4.